The Morgan fingerprint density at radius 1 is 0.872 bits per heavy atom. The van der Waals surface area contributed by atoms with Crippen LogP contribution in [0, 0.1) is 6.92 Å². The summed E-state index contributed by atoms with van der Waals surface area (Å²) in [6.45, 7) is 2.95. The van der Waals surface area contributed by atoms with E-state index in [0.29, 0.717) is 17.3 Å². The molecule has 0 saturated heterocycles. The van der Waals surface area contributed by atoms with Gasteiger partial charge in [0.2, 0.25) is 0 Å². The molecule has 3 N–H and O–H groups in total. The highest BCUT2D eigenvalue weighted by atomic mass is 16.5. The standard InChI is InChI=1S/C31H40N6O2/c1-24-28(31(38)37(36(24)2)25-14-10-9-11-15-25)16-12-7-5-3-4-6-8-13-20-34-30-18-17-27(23-35-30)39-26-19-21-33-29(32)22-26/h9-11,14-15,17-19,21-23H,3-8,12-13,16,20H2,1-2H3,(H2,32,33)(H,34,35). The van der Waals surface area contributed by atoms with E-state index in [9.17, 15) is 4.79 Å². The third-order valence-corrected chi connectivity index (χ3v) is 7.06. The van der Waals surface area contributed by atoms with Gasteiger partial charge < -0.3 is 15.8 Å². The third kappa shape index (κ3) is 7.96. The molecule has 1 aromatic carbocycles. The molecule has 3 aromatic heterocycles. The van der Waals surface area contributed by atoms with Gasteiger partial charge in [-0.05, 0) is 56.5 Å². The van der Waals surface area contributed by atoms with Gasteiger partial charge in [-0.3, -0.25) is 9.48 Å². The lowest BCUT2D eigenvalue weighted by molar-refractivity contribution is 0.480. The number of unbranched alkanes of at least 4 members (excludes halogenated alkanes) is 7. The Kier molecular flexibility index (Phi) is 10.2. The van der Waals surface area contributed by atoms with Gasteiger partial charge in [0.15, 0.2) is 0 Å². The molecule has 206 valence electrons. The van der Waals surface area contributed by atoms with Crippen molar-refractivity contribution in [1.82, 2.24) is 19.3 Å². The molecule has 0 aliphatic heterocycles. The number of aromatic nitrogens is 4. The number of ether oxygens (including phenoxy) is 1. The van der Waals surface area contributed by atoms with E-state index >= 15 is 0 Å². The van der Waals surface area contributed by atoms with Crippen LogP contribution in [0.1, 0.15) is 62.6 Å². The summed E-state index contributed by atoms with van der Waals surface area (Å²) >= 11 is 0. The van der Waals surface area contributed by atoms with Crippen molar-refractivity contribution in [3.05, 3.63) is 88.6 Å². The molecule has 39 heavy (non-hydrogen) atoms. The van der Waals surface area contributed by atoms with Gasteiger partial charge in [0.1, 0.15) is 23.1 Å². The first-order chi connectivity index (χ1) is 19.0. The number of hydrogen-bond acceptors (Lipinski definition) is 6. The van der Waals surface area contributed by atoms with Crippen LogP contribution in [-0.4, -0.2) is 25.9 Å². The van der Waals surface area contributed by atoms with Crippen LogP contribution in [0.3, 0.4) is 0 Å². The molecule has 3 heterocycles. The van der Waals surface area contributed by atoms with Crippen molar-refractivity contribution in [2.45, 2.75) is 64.7 Å². The zero-order valence-electron chi connectivity index (χ0n) is 23.1. The first-order valence-electron chi connectivity index (χ1n) is 13.9. The molecule has 0 radical (unpaired) electrons. The van der Waals surface area contributed by atoms with Crippen molar-refractivity contribution in [2.75, 3.05) is 17.6 Å². The van der Waals surface area contributed by atoms with E-state index in [-0.39, 0.29) is 5.56 Å². The summed E-state index contributed by atoms with van der Waals surface area (Å²) in [5, 5.41) is 3.38. The van der Waals surface area contributed by atoms with Gasteiger partial charge in [-0.25, -0.2) is 14.6 Å². The van der Waals surface area contributed by atoms with Crippen LogP contribution in [0.4, 0.5) is 11.6 Å². The molecule has 8 nitrogen and oxygen atoms in total. The van der Waals surface area contributed by atoms with Crippen LogP contribution in [0.15, 0.2) is 71.8 Å². The average Bonchev–Trinajstić information content (AvgIpc) is 3.15. The minimum atomic E-state index is 0.116. The predicted octanol–water partition coefficient (Wildman–Crippen LogP) is 6.42. The van der Waals surface area contributed by atoms with Crippen molar-refractivity contribution in [1.29, 1.82) is 0 Å². The summed E-state index contributed by atoms with van der Waals surface area (Å²) in [6, 6.07) is 17.1. The number of hydrogen-bond donors (Lipinski definition) is 2. The number of anilines is 2. The van der Waals surface area contributed by atoms with Gasteiger partial charge in [0, 0.05) is 37.1 Å². The van der Waals surface area contributed by atoms with Gasteiger partial charge in [-0.15, -0.1) is 0 Å². The number of para-hydroxylation sites is 1. The van der Waals surface area contributed by atoms with Crippen molar-refractivity contribution in [3.63, 3.8) is 0 Å². The van der Waals surface area contributed by atoms with Crippen LogP contribution < -0.4 is 21.3 Å². The average molecular weight is 529 g/mol. The Morgan fingerprint density at radius 2 is 1.59 bits per heavy atom. The zero-order valence-corrected chi connectivity index (χ0v) is 23.1. The fourth-order valence-electron chi connectivity index (χ4n) is 4.79. The molecule has 0 fully saturated rings. The lowest BCUT2D eigenvalue weighted by atomic mass is 10.0. The molecule has 0 saturated carbocycles. The van der Waals surface area contributed by atoms with Gasteiger partial charge >= 0.3 is 0 Å². The lowest BCUT2D eigenvalue weighted by Gasteiger charge is -2.08. The van der Waals surface area contributed by atoms with E-state index in [0.717, 1.165) is 48.6 Å². The maximum absolute atomic E-state index is 13.0. The Labute approximate surface area is 230 Å². The highest BCUT2D eigenvalue weighted by Gasteiger charge is 2.15. The van der Waals surface area contributed by atoms with Gasteiger partial charge in [-0.2, -0.15) is 0 Å². The summed E-state index contributed by atoms with van der Waals surface area (Å²) < 4.78 is 9.50. The second-order valence-electron chi connectivity index (χ2n) is 9.94. The monoisotopic (exact) mass is 528 g/mol. The number of nitrogens with one attached hydrogen (secondary N) is 1. The Bertz CT molecular complexity index is 1360. The summed E-state index contributed by atoms with van der Waals surface area (Å²) in [7, 11) is 1.96. The third-order valence-electron chi connectivity index (χ3n) is 7.06. The van der Waals surface area contributed by atoms with Crippen molar-refractivity contribution < 1.29 is 4.74 Å². The summed E-state index contributed by atoms with van der Waals surface area (Å²) in [5.41, 5.74) is 8.73. The second-order valence-corrected chi connectivity index (χ2v) is 9.94. The van der Waals surface area contributed by atoms with Crippen molar-refractivity contribution >= 4 is 11.6 Å². The molecule has 0 aliphatic rings. The van der Waals surface area contributed by atoms with E-state index in [1.54, 1.807) is 29.2 Å². The minimum absolute atomic E-state index is 0.116. The Balaban J connectivity index is 1.05. The Morgan fingerprint density at radius 3 is 2.28 bits per heavy atom. The topological polar surface area (TPSA) is 100.0 Å². The van der Waals surface area contributed by atoms with E-state index in [2.05, 4.69) is 15.3 Å². The van der Waals surface area contributed by atoms with Crippen LogP contribution in [0.5, 0.6) is 11.5 Å². The minimum Gasteiger partial charge on any atom is -0.456 e. The van der Waals surface area contributed by atoms with Crippen LogP contribution in [0.25, 0.3) is 5.69 Å². The number of nitrogens with zero attached hydrogens (tertiary/aromatic N) is 4. The lowest BCUT2D eigenvalue weighted by Crippen LogP contribution is -2.20. The maximum Gasteiger partial charge on any atom is 0.274 e. The number of rotatable bonds is 15. The quantitative estimate of drug-likeness (QED) is 0.173. The Hall–Kier alpha value is -4.07. The molecule has 0 bridgehead atoms. The molecule has 0 amide bonds. The van der Waals surface area contributed by atoms with Crippen LogP contribution >= 0.6 is 0 Å². The first-order valence-corrected chi connectivity index (χ1v) is 13.9. The molecular formula is C31H40N6O2. The molecule has 8 heteroatoms. The predicted molar refractivity (Wildman–Crippen MR) is 158 cm³/mol. The van der Waals surface area contributed by atoms with Gasteiger partial charge in [-0.1, -0.05) is 56.7 Å². The largest absolute Gasteiger partial charge is 0.456 e. The van der Waals surface area contributed by atoms with E-state index < -0.39 is 0 Å². The zero-order chi connectivity index (χ0) is 27.5. The SMILES string of the molecule is Cc1c(CCCCCCCCCCNc2ccc(Oc3ccnc(N)c3)cn2)c(=O)n(-c2ccccc2)n1C. The maximum atomic E-state index is 13.0. The molecule has 4 rings (SSSR count). The van der Waals surface area contributed by atoms with Crippen LogP contribution in [0.2, 0.25) is 0 Å². The molecule has 0 spiro atoms. The molecule has 0 aliphatic carbocycles. The molecule has 4 aromatic rings. The fraction of sp³-hybridized carbons (Fsp3) is 0.387. The summed E-state index contributed by atoms with van der Waals surface area (Å²) in [6.07, 6.45) is 13.7. The number of benzene rings is 1. The molecule has 0 atom stereocenters. The number of nitrogen functional groups attached to an aromatic ring is 1. The number of nitrogens with two attached hydrogens (primary N) is 1. The number of pyridine rings is 2. The van der Waals surface area contributed by atoms with E-state index in [1.165, 1.54) is 38.5 Å². The van der Waals surface area contributed by atoms with Gasteiger partial charge in [0.05, 0.1) is 11.9 Å². The fourth-order valence-corrected chi connectivity index (χ4v) is 4.79. The normalized spacial score (nSPS) is 11.0. The van der Waals surface area contributed by atoms with Crippen LogP contribution in [-0.2, 0) is 13.5 Å². The summed E-state index contributed by atoms with van der Waals surface area (Å²) in [5.74, 6) is 2.58. The smallest absolute Gasteiger partial charge is 0.274 e. The van der Waals surface area contributed by atoms with E-state index in [4.69, 9.17) is 10.5 Å². The summed E-state index contributed by atoms with van der Waals surface area (Å²) in [4.78, 5) is 21.4. The second kappa shape index (κ2) is 14.2. The molecular weight excluding hydrogens is 488 g/mol. The van der Waals surface area contributed by atoms with Crippen molar-refractivity contribution in [3.8, 4) is 17.2 Å². The van der Waals surface area contributed by atoms with Crippen molar-refractivity contribution in [2.24, 2.45) is 7.05 Å². The highest BCUT2D eigenvalue weighted by molar-refractivity contribution is 5.41. The van der Waals surface area contributed by atoms with E-state index in [1.807, 2.05) is 61.1 Å². The highest BCUT2D eigenvalue weighted by Crippen LogP contribution is 2.22. The van der Waals surface area contributed by atoms with Gasteiger partial charge in [0.25, 0.3) is 5.56 Å². The first kappa shape index (κ1) is 28.0. The molecule has 0 unspecified atom stereocenters.